The molecule has 1 aliphatic rings. The number of carbonyl (C=O) groups excluding carboxylic acids is 1. The Morgan fingerprint density at radius 1 is 1.33 bits per heavy atom. The van der Waals surface area contributed by atoms with Crippen molar-refractivity contribution >= 4 is 5.91 Å². The lowest BCUT2D eigenvalue weighted by Crippen LogP contribution is -2.38. The van der Waals surface area contributed by atoms with Gasteiger partial charge in [0.15, 0.2) is 0 Å². The molecule has 3 N–H and O–H groups in total. The van der Waals surface area contributed by atoms with Gasteiger partial charge in [-0.05, 0) is 59.0 Å². The van der Waals surface area contributed by atoms with Gasteiger partial charge in [-0.15, -0.1) is 0 Å². The number of likely N-dealkylation sites (N-methyl/N-ethyl adjacent to an activating group) is 1. The third kappa shape index (κ3) is 5.83. The van der Waals surface area contributed by atoms with Gasteiger partial charge in [0.1, 0.15) is 0 Å². The summed E-state index contributed by atoms with van der Waals surface area (Å²) in [7, 11) is 4.06. The normalized spacial score (nSPS) is 26.1. The lowest BCUT2D eigenvalue weighted by molar-refractivity contribution is -0.121. The number of hydrogen-bond donors (Lipinski definition) is 2. The Bertz CT molecular complexity index is 247. The third-order valence-electron chi connectivity index (χ3n) is 4.15. The predicted molar refractivity (Wildman–Crippen MR) is 75.3 cm³/mol. The average Bonchev–Trinajstić information content (AvgIpc) is 2.35. The van der Waals surface area contributed by atoms with Crippen molar-refractivity contribution in [3.63, 3.8) is 0 Å². The number of nitrogens with two attached hydrogens (primary N) is 1. The fourth-order valence-corrected chi connectivity index (χ4v) is 2.34. The second-order valence-electron chi connectivity index (χ2n) is 5.94. The third-order valence-corrected chi connectivity index (χ3v) is 4.15. The second-order valence-corrected chi connectivity index (χ2v) is 5.94. The quantitative estimate of drug-likeness (QED) is 0.753. The van der Waals surface area contributed by atoms with E-state index in [9.17, 15) is 4.79 Å². The largest absolute Gasteiger partial charge is 0.355 e. The van der Waals surface area contributed by atoms with Crippen molar-refractivity contribution in [2.75, 3.05) is 20.6 Å². The summed E-state index contributed by atoms with van der Waals surface area (Å²) in [5.41, 5.74) is 5.88. The maximum atomic E-state index is 11.7. The van der Waals surface area contributed by atoms with Crippen LogP contribution in [0.1, 0.15) is 45.4 Å². The molecule has 0 aromatic heterocycles. The van der Waals surface area contributed by atoms with Gasteiger partial charge >= 0.3 is 0 Å². The Morgan fingerprint density at radius 2 is 1.94 bits per heavy atom. The zero-order chi connectivity index (χ0) is 13.5. The lowest BCUT2D eigenvalue weighted by Gasteiger charge is -2.26. The number of hydrogen-bond acceptors (Lipinski definition) is 3. The number of amides is 1. The average molecular weight is 255 g/mol. The number of nitrogens with zero attached hydrogens (tertiary/aromatic N) is 1. The van der Waals surface area contributed by atoms with E-state index in [1.807, 2.05) is 14.1 Å². The summed E-state index contributed by atoms with van der Waals surface area (Å²) < 4.78 is 0. The van der Waals surface area contributed by atoms with Gasteiger partial charge in [-0.25, -0.2) is 0 Å². The van der Waals surface area contributed by atoms with Gasteiger partial charge in [-0.1, -0.05) is 0 Å². The first-order chi connectivity index (χ1) is 8.49. The van der Waals surface area contributed by atoms with Gasteiger partial charge in [0, 0.05) is 25.0 Å². The summed E-state index contributed by atoms with van der Waals surface area (Å²) >= 11 is 0. The van der Waals surface area contributed by atoms with Crippen LogP contribution in [-0.2, 0) is 4.79 Å². The topological polar surface area (TPSA) is 58.4 Å². The molecule has 1 atom stereocenters. The summed E-state index contributed by atoms with van der Waals surface area (Å²) in [6, 6.07) is 0.789. The van der Waals surface area contributed by atoms with Crippen LogP contribution in [0.2, 0.25) is 0 Å². The molecule has 0 spiro atoms. The molecular formula is C14H29N3O. The van der Waals surface area contributed by atoms with Gasteiger partial charge < -0.3 is 16.0 Å². The Kier molecular flexibility index (Phi) is 6.65. The van der Waals surface area contributed by atoms with E-state index in [0.29, 0.717) is 24.4 Å². The van der Waals surface area contributed by atoms with Crippen molar-refractivity contribution in [1.29, 1.82) is 0 Å². The highest BCUT2D eigenvalue weighted by Crippen LogP contribution is 2.26. The molecule has 0 aliphatic heterocycles. The number of carbonyl (C=O) groups is 1. The summed E-state index contributed by atoms with van der Waals surface area (Å²) in [5.74, 6) is 0.903. The Balaban J connectivity index is 2.10. The molecule has 1 aliphatic carbocycles. The van der Waals surface area contributed by atoms with Crippen molar-refractivity contribution in [3.8, 4) is 0 Å². The molecular weight excluding hydrogens is 226 g/mol. The number of nitrogens with one attached hydrogen (secondary N) is 1. The zero-order valence-corrected chi connectivity index (χ0v) is 12.1. The molecule has 1 saturated carbocycles. The van der Waals surface area contributed by atoms with Crippen LogP contribution >= 0.6 is 0 Å². The van der Waals surface area contributed by atoms with Crippen molar-refractivity contribution < 1.29 is 4.79 Å². The van der Waals surface area contributed by atoms with Crippen molar-refractivity contribution in [3.05, 3.63) is 0 Å². The Morgan fingerprint density at radius 3 is 2.50 bits per heavy atom. The van der Waals surface area contributed by atoms with Crippen molar-refractivity contribution in [2.45, 2.75) is 57.5 Å². The second kappa shape index (κ2) is 7.74. The van der Waals surface area contributed by atoms with Gasteiger partial charge in [-0.3, -0.25) is 4.79 Å². The number of rotatable bonds is 6. The SMILES string of the molecule is CC(CNC(=O)CCC1CCC(N)CC1)N(C)C. The fourth-order valence-electron chi connectivity index (χ4n) is 2.34. The highest BCUT2D eigenvalue weighted by Gasteiger charge is 2.19. The maximum Gasteiger partial charge on any atom is 0.220 e. The first-order valence-corrected chi connectivity index (χ1v) is 7.17. The molecule has 1 rings (SSSR count). The Labute approximate surface area is 111 Å². The first kappa shape index (κ1) is 15.4. The minimum absolute atomic E-state index is 0.193. The van der Waals surface area contributed by atoms with Crippen molar-refractivity contribution in [1.82, 2.24) is 10.2 Å². The highest BCUT2D eigenvalue weighted by molar-refractivity contribution is 5.75. The molecule has 4 nitrogen and oxygen atoms in total. The highest BCUT2D eigenvalue weighted by atomic mass is 16.1. The molecule has 0 heterocycles. The van der Waals surface area contributed by atoms with E-state index in [2.05, 4.69) is 17.1 Å². The van der Waals surface area contributed by atoms with Crippen molar-refractivity contribution in [2.24, 2.45) is 11.7 Å². The summed E-state index contributed by atoms with van der Waals surface area (Å²) in [5, 5.41) is 3.01. The van der Waals surface area contributed by atoms with Crippen LogP contribution < -0.4 is 11.1 Å². The first-order valence-electron chi connectivity index (χ1n) is 7.17. The van der Waals surface area contributed by atoms with Crippen LogP contribution in [0.3, 0.4) is 0 Å². The Hall–Kier alpha value is -0.610. The van der Waals surface area contributed by atoms with E-state index in [1.165, 1.54) is 12.8 Å². The molecule has 106 valence electrons. The van der Waals surface area contributed by atoms with Gasteiger partial charge in [-0.2, -0.15) is 0 Å². The van der Waals surface area contributed by atoms with E-state index < -0.39 is 0 Å². The van der Waals surface area contributed by atoms with E-state index in [4.69, 9.17) is 5.73 Å². The van der Waals surface area contributed by atoms with Crippen LogP contribution in [0.4, 0.5) is 0 Å². The minimum atomic E-state index is 0.193. The molecule has 1 fully saturated rings. The molecule has 18 heavy (non-hydrogen) atoms. The van der Waals surface area contributed by atoms with E-state index in [0.717, 1.165) is 25.8 Å². The van der Waals surface area contributed by atoms with E-state index in [1.54, 1.807) is 0 Å². The zero-order valence-electron chi connectivity index (χ0n) is 12.1. The smallest absolute Gasteiger partial charge is 0.220 e. The predicted octanol–water partition coefficient (Wildman–Crippen LogP) is 1.35. The fraction of sp³-hybridized carbons (Fsp3) is 0.929. The van der Waals surface area contributed by atoms with E-state index in [-0.39, 0.29) is 5.91 Å². The van der Waals surface area contributed by atoms with Crippen LogP contribution in [0.15, 0.2) is 0 Å². The van der Waals surface area contributed by atoms with E-state index >= 15 is 0 Å². The van der Waals surface area contributed by atoms with Crippen LogP contribution in [0, 0.1) is 5.92 Å². The van der Waals surface area contributed by atoms with Gasteiger partial charge in [0.05, 0.1) is 0 Å². The molecule has 1 unspecified atom stereocenters. The van der Waals surface area contributed by atoms with Crippen LogP contribution in [0.25, 0.3) is 0 Å². The molecule has 0 saturated heterocycles. The van der Waals surface area contributed by atoms with Gasteiger partial charge in [0.25, 0.3) is 0 Å². The molecule has 4 heteroatoms. The lowest BCUT2D eigenvalue weighted by atomic mass is 9.84. The molecule has 0 aromatic rings. The van der Waals surface area contributed by atoms with Gasteiger partial charge in [0.2, 0.25) is 5.91 Å². The molecule has 0 aromatic carbocycles. The summed E-state index contributed by atoms with van der Waals surface area (Å²) in [6.45, 7) is 2.85. The maximum absolute atomic E-state index is 11.7. The van der Waals surface area contributed by atoms with Crippen LogP contribution in [-0.4, -0.2) is 43.5 Å². The minimum Gasteiger partial charge on any atom is -0.355 e. The molecule has 0 radical (unpaired) electrons. The standard InChI is InChI=1S/C14H29N3O/c1-11(17(2)3)10-16-14(18)9-6-12-4-7-13(15)8-5-12/h11-13H,4-10,15H2,1-3H3,(H,16,18). The monoisotopic (exact) mass is 255 g/mol. The molecule has 1 amide bonds. The summed E-state index contributed by atoms with van der Waals surface area (Å²) in [6.07, 6.45) is 6.34. The molecule has 0 bridgehead atoms. The van der Waals surface area contributed by atoms with Crippen LogP contribution in [0.5, 0.6) is 0 Å². The summed E-state index contributed by atoms with van der Waals surface area (Å²) in [4.78, 5) is 13.8.